The zero-order chi connectivity index (χ0) is 13.8. The number of para-hydroxylation sites is 1. The van der Waals surface area contributed by atoms with E-state index in [1.807, 2.05) is 0 Å². The third kappa shape index (κ3) is 3.35. The average molecular weight is 315 g/mol. The van der Waals surface area contributed by atoms with Crippen LogP contribution in [0.2, 0.25) is 10.0 Å². The lowest BCUT2D eigenvalue weighted by molar-refractivity contribution is 0.0695. The van der Waals surface area contributed by atoms with E-state index in [-0.39, 0.29) is 11.3 Å². The van der Waals surface area contributed by atoms with Gasteiger partial charge in [0.15, 0.2) is 5.75 Å². The molecule has 0 spiro atoms. The van der Waals surface area contributed by atoms with Crippen LogP contribution in [0.5, 0.6) is 5.75 Å². The van der Waals surface area contributed by atoms with Gasteiger partial charge in [-0.25, -0.2) is 4.79 Å². The predicted molar refractivity (Wildman–Crippen MR) is 76.3 cm³/mol. The molecule has 0 aliphatic carbocycles. The molecule has 6 heteroatoms. The van der Waals surface area contributed by atoms with Gasteiger partial charge in [-0.2, -0.15) is 0 Å². The van der Waals surface area contributed by atoms with Crippen LogP contribution in [0.4, 0.5) is 0 Å². The van der Waals surface area contributed by atoms with E-state index in [2.05, 4.69) is 0 Å². The standard InChI is InChI=1S/C13H8Cl2O3S/c14-9-5-3-6-10(15)12(9)19-18-11-7-2-1-4-8(11)13(16)17/h1-7H,(H,16,17). The summed E-state index contributed by atoms with van der Waals surface area (Å²) in [7, 11) is 0. The number of carbonyl (C=O) groups is 1. The second-order valence-electron chi connectivity index (χ2n) is 3.52. The smallest absolute Gasteiger partial charge is 0.339 e. The van der Waals surface area contributed by atoms with Crippen molar-refractivity contribution in [2.75, 3.05) is 0 Å². The molecule has 0 radical (unpaired) electrons. The van der Waals surface area contributed by atoms with E-state index in [0.29, 0.717) is 14.9 Å². The van der Waals surface area contributed by atoms with Gasteiger partial charge in [-0.1, -0.05) is 41.4 Å². The number of rotatable bonds is 4. The van der Waals surface area contributed by atoms with Crippen LogP contribution in [0.25, 0.3) is 0 Å². The average Bonchev–Trinajstić information content (AvgIpc) is 2.38. The molecule has 3 nitrogen and oxygen atoms in total. The molecule has 0 atom stereocenters. The van der Waals surface area contributed by atoms with Crippen molar-refractivity contribution in [3.05, 3.63) is 58.1 Å². The van der Waals surface area contributed by atoms with Crippen molar-refractivity contribution in [2.24, 2.45) is 0 Å². The molecule has 0 bridgehead atoms. The minimum Gasteiger partial charge on any atom is -0.478 e. The second-order valence-corrected chi connectivity index (χ2v) is 5.07. The third-order valence-corrected chi connectivity index (χ3v) is 3.97. The van der Waals surface area contributed by atoms with Crippen LogP contribution in [-0.4, -0.2) is 11.1 Å². The lowest BCUT2D eigenvalue weighted by Gasteiger charge is -2.09. The molecular formula is C13H8Cl2O3S. The van der Waals surface area contributed by atoms with Gasteiger partial charge in [0.1, 0.15) is 5.56 Å². The summed E-state index contributed by atoms with van der Waals surface area (Å²) in [5, 5.41) is 9.93. The molecule has 98 valence electrons. The Bertz CT molecular complexity index is 596. The molecule has 0 aliphatic heterocycles. The van der Waals surface area contributed by atoms with E-state index in [9.17, 15) is 4.79 Å². The van der Waals surface area contributed by atoms with Gasteiger partial charge >= 0.3 is 5.97 Å². The highest BCUT2D eigenvalue weighted by Crippen LogP contribution is 2.36. The molecule has 0 aromatic heterocycles. The summed E-state index contributed by atoms with van der Waals surface area (Å²) in [5.74, 6) is -0.808. The number of carboxylic acids is 1. The van der Waals surface area contributed by atoms with Gasteiger partial charge in [-0.3, -0.25) is 0 Å². The van der Waals surface area contributed by atoms with Crippen molar-refractivity contribution < 1.29 is 14.1 Å². The highest BCUT2D eigenvalue weighted by molar-refractivity contribution is 7.95. The van der Waals surface area contributed by atoms with Gasteiger partial charge in [0.2, 0.25) is 0 Å². The molecule has 2 aromatic carbocycles. The zero-order valence-corrected chi connectivity index (χ0v) is 11.8. The third-order valence-electron chi connectivity index (χ3n) is 2.25. The Kier molecular flexibility index (Phi) is 4.58. The first kappa shape index (κ1) is 14.1. The molecule has 0 saturated carbocycles. The van der Waals surface area contributed by atoms with E-state index in [0.717, 1.165) is 12.0 Å². The first-order valence-electron chi connectivity index (χ1n) is 5.20. The fraction of sp³-hybridized carbons (Fsp3) is 0. The van der Waals surface area contributed by atoms with Crippen LogP contribution in [0, 0.1) is 0 Å². The van der Waals surface area contributed by atoms with Crippen LogP contribution < -0.4 is 4.18 Å². The topological polar surface area (TPSA) is 46.5 Å². The van der Waals surface area contributed by atoms with Crippen LogP contribution in [0.15, 0.2) is 47.4 Å². The van der Waals surface area contributed by atoms with Gasteiger partial charge in [0, 0.05) is 0 Å². The van der Waals surface area contributed by atoms with Gasteiger partial charge in [-0.15, -0.1) is 0 Å². The molecule has 0 amide bonds. The summed E-state index contributed by atoms with van der Waals surface area (Å²) in [6.07, 6.45) is 0. The highest BCUT2D eigenvalue weighted by atomic mass is 35.5. The molecule has 0 saturated heterocycles. The van der Waals surface area contributed by atoms with Gasteiger partial charge in [0.25, 0.3) is 0 Å². The summed E-state index contributed by atoms with van der Waals surface area (Å²) in [6, 6.07) is 11.4. The predicted octanol–water partition coefficient (Wildman–Crippen LogP) is 4.78. The molecular weight excluding hydrogens is 307 g/mol. The maximum absolute atomic E-state index is 11.0. The number of benzene rings is 2. The maximum Gasteiger partial charge on any atom is 0.339 e. The molecule has 19 heavy (non-hydrogen) atoms. The van der Waals surface area contributed by atoms with Gasteiger partial charge in [-0.05, 0) is 24.3 Å². The Balaban J connectivity index is 2.22. The SMILES string of the molecule is O=C(O)c1ccccc1OSc1c(Cl)cccc1Cl. The van der Waals surface area contributed by atoms with Crippen molar-refractivity contribution in [1.82, 2.24) is 0 Å². The molecule has 2 aromatic rings. The molecule has 0 unspecified atom stereocenters. The zero-order valence-electron chi connectivity index (χ0n) is 9.47. The Morgan fingerprint density at radius 3 is 2.32 bits per heavy atom. The lowest BCUT2D eigenvalue weighted by Crippen LogP contribution is -1.99. The number of aromatic carboxylic acids is 1. The fourth-order valence-corrected chi connectivity index (χ4v) is 2.56. The normalized spacial score (nSPS) is 10.2. The first-order chi connectivity index (χ1) is 9.09. The summed E-state index contributed by atoms with van der Waals surface area (Å²) < 4.78 is 5.41. The quantitative estimate of drug-likeness (QED) is 0.825. The minimum atomic E-state index is -1.05. The van der Waals surface area contributed by atoms with E-state index in [1.54, 1.807) is 36.4 Å². The summed E-state index contributed by atoms with van der Waals surface area (Å²) in [6.45, 7) is 0. The summed E-state index contributed by atoms with van der Waals surface area (Å²) in [4.78, 5) is 11.6. The maximum atomic E-state index is 11.0. The van der Waals surface area contributed by atoms with Crippen molar-refractivity contribution in [3.63, 3.8) is 0 Å². The lowest BCUT2D eigenvalue weighted by atomic mass is 10.2. The Hall–Kier alpha value is -1.36. The number of hydrogen-bond acceptors (Lipinski definition) is 3. The molecule has 1 N–H and O–H groups in total. The fourth-order valence-electron chi connectivity index (χ4n) is 1.36. The largest absolute Gasteiger partial charge is 0.478 e. The Morgan fingerprint density at radius 2 is 1.68 bits per heavy atom. The minimum absolute atomic E-state index is 0.0816. The summed E-state index contributed by atoms with van der Waals surface area (Å²) in [5.41, 5.74) is 0.0816. The van der Waals surface area contributed by atoms with Crippen LogP contribution in [0.1, 0.15) is 10.4 Å². The Labute approximate surface area is 124 Å². The number of hydrogen-bond donors (Lipinski definition) is 1. The van der Waals surface area contributed by atoms with E-state index in [4.69, 9.17) is 32.5 Å². The van der Waals surface area contributed by atoms with E-state index >= 15 is 0 Å². The van der Waals surface area contributed by atoms with E-state index < -0.39 is 5.97 Å². The van der Waals surface area contributed by atoms with Crippen molar-refractivity contribution in [3.8, 4) is 5.75 Å². The first-order valence-corrected chi connectivity index (χ1v) is 6.70. The summed E-state index contributed by atoms with van der Waals surface area (Å²) >= 11 is 12.9. The number of halogens is 2. The highest BCUT2D eigenvalue weighted by Gasteiger charge is 2.13. The molecule has 0 heterocycles. The van der Waals surface area contributed by atoms with Crippen molar-refractivity contribution in [2.45, 2.75) is 4.90 Å². The van der Waals surface area contributed by atoms with Gasteiger partial charge in [0.05, 0.1) is 27.0 Å². The van der Waals surface area contributed by atoms with Crippen molar-refractivity contribution in [1.29, 1.82) is 0 Å². The monoisotopic (exact) mass is 314 g/mol. The molecule has 2 rings (SSSR count). The molecule has 0 fully saturated rings. The number of carboxylic acid groups (broad SMARTS) is 1. The molecule has 0 aliphatic rings. The second kappa shape index (κ2) is 6.19. The Morgan fingerprint density at radius 1 is 1.05 bits per heavy atom. The van der Waals surface area contributed by atoms with E-state index in [1.165, 1.54) is 6.07 Å². The van der Waals surface area contributed by atoms with Crippen LogP contribution >= 0.6 is 35.2 Å². The van der Waals surface area contributed by atoms with Crippen LogP contribution in [0.3, 0.4) is 0 Å². The van der Waals surface area contributed by atoms with Crippen molar-refractivity contribution >= 4 is 41.2 Å². The van der Waals surface area contributed by atoms with Crippen LogP contribution in [-0.2, 0) is 0 Å². The van der Waals surface area contributed by atoms with Gasteiger partial charge < -0.3 is 9.29 Å².